The van der Waals surface area contributed by atoms with Gasteiger partial charge in [0.25, 0.3) is 0 Å². The Kier molecular flexibility index (Phi) is 9.61. The van der Waals surface area contributed by atoms with Crippen molar-refractivity contribution in [3.05, 3.63) is 119 Å². The fraction of sp³-hybridized carbons (Fsp3) is 0.156. The van der Waals surface area contributed by atoms with Gasteiger partial charge in [0.05, 0.1) is 22.5 Å². The van der Waals surface area contributed by atoms with E-state index in [0.717, 1.165) is 11.1 Å². The Balaban J connectivity index is 1.52. The quantitative estimate of drug-likeness (QED) is 0.0725. The molecule has 4 aromatic carbocycles. The molecule has 0 fully saturated rings. The summed E-state index contributed by atoms with van der Waals surface area (Å²) in [4.78, 5) is 36.8. The summed E-state index contributed by atoms with van der Waals surface area (Å²) in [5.74, 6) is -2.46. The van der Waals surface area contributed by atoms with E-state index in [1.807, 2.05) is 77.2 Å². The fourth-order valence-electron chi connectivity index (χ4n) is 4.10. The monoisotopic (exact) mass is 664 g/mol. The number of carboxylic acid groups (broad SMARTS) is 2. The number of halogens is 1. The largest absolute Gasteiger partial charge is 0.478 e. The Morgan fingerprint density at radius 2 is 1.20 bits per heavy atom. The second-order valence-corrected chi connectivity index (χ2v) is 10.9. The molecular weight excluding hydrogens is 635 g/mol. The lowest BCUT2D eigenvalue weighted by Gasteiger charge is -2.17. The standard InChI is InChI=1S/C32H29IN2O6/c1-19(2)21-8-12-23(13-9-21)34-27-16-26(31(38)39)28(17-25(27)30(36)37)35-24-14-10-22(11-15-24)29(33)32(40)41-18-20-6-4-3-5-7-20/h3-17,19,29,34-35H,18H2,1-2H3,(H,36,37)(H,38,39). The second kappa shape index (κ2) is 13.3. The van der Waals surface area contributed by atoms with E-state index in [2.05, 4.69) is 24.5 Å². The Morgan fingerprint density at radius 1 is 0.732 bits per heavy atom. The van der Waals surface area contributed by atoms with E-state index in [4.69, 9.17) is 4.74 Å². The molecule has 0 aromatic heterocycles. The molecule has 1 atom stereocenters. The molecule has 4 aromatic rings. The summed E-state index contributed by atoms with van der Waals surface area (Å²) >= 11 is 2.01. The maximum Gasteiger partial charge on any atom is 0.337 e. The minimum atomic E-state index is -1.22. The van der Waals surface area contributed by atoms with Crippen LogP contribution in [0.3, 0.4) is 0 Å². The molecule has 0 saturated carbocycles. The van der Waals surface area contributed by atoms with Crippen LogP contribution in [0, 0.1) is 0 Å². The lowest BCUT2D eigenvalue weighted by atomic mass is 10.0. The molecule has 0 aliphatic carbocycles. The van der Waals surface area contributed by atoms with E-state index >= 15 is 0 Å². The van der Waals surface area contributed by atoms with Crippen molar-refractivity contribution < 1.29 is 29.3 Å². The summed E-state index contributed by atoms with van der Waals surface area (Å²) in [5, 5.41) is 25.8. The van der Waals surface area contributed by atoms with Gasteiger partial charge in [-0.1, -0.05) is 91.0 Å². The predicted molar refractivity (Wildman–Crippen MR) is 167 cm³/mol. The minimum Gasteiger partial charge on any atom is -0.478 e. The first kappa shape index (κ1) is 29.6. The van der Waals surface area contributed by atoms with E-state index in [9.17, 15) is 24.6 Å². The van der Waals surface area contributed by atoms with Crippen LogP contribution in [0.1, 0.15) is 61.1 Å². The Hall–Kier alpha value is -4.38. The zero-order valence-electron chi connectivity index (χ0n) is 22.4. The number of hydrogen-bond donors (Lipinski definition) is 4. The van der Waals surface area contributed by atoms with Gasteiger partial charge >= 0.3 is 17.9 Å². The van der Waals surface area contributed by atoms with Gasteiger partial charge in [0, 0.05) is 11.4 Å². The Morgan fingerprint density at radius 3 is 1.63 bits per heavy atom. The molecule has 0 amide bonds. The highest BCUT2D eigenvalue weighted by Gasteiger charge is 2.21. The summed E-state index contributed by atoms with van der Waals surface area (Å²) in [6, 6.07) is 26.4. The van der Waals surface area contributed by atoms with Gasteiger partial charge in [0.2, 0.25) is 0 Å². The number of carboxylic acids is 2. The number of carbonyl (C=O) groups excluding carboxylic acids is 1. The lowest BCUT2D eigenvalue weighted by molar-refractivity contribution is -0.144. The zero-order valence-corrected chi connectivity index (χ0v) is 24.6. The van der Waals surface area contributed by atoms with Crippen LogP contribution in [-0.2, 0) is 16.1 Å². The first-order valence-electron chi connectivity index (χ1n) is 12.9. The van der Waals surface area contributed by atoms with Gasteiger partial charge in [-0.2, -0.15) is 0 Å². The molecule has 0 radical (unpaired) electrons. The third kappa shape index (κ3) is 7.63. The lowest BCUT2D eigenvalue weighted by Crippen LogP contribution is -2.11. The molecule has 0 bridgehead atoms. The average molecular weight is 664 g/mol. The minimum absolute atomic E-state index is 0.0875. The van der Waals surface area contributed by atoms with Crippen LogP contribution in [0.4, 0.5) is 22.7 Å². The molecule has 0 heterocycles. The summed E-state index contributed by atoms with van der Waals surface area (Å²) in [6.45, 7) is 4.33. The smallest absolute Gasteiger partial charge is 0.337 e. The van der Waals surface area contributed by atoms with Crippen molar-refractivity contribution in [2.45, 2.75) is 30.3 Å². The number of esters is 1. The van der Waals surface area contributed by atoms with Crippen LogP contribution < -0.4 is 10.6 Å². The van der Waals surface area contributed by atoms with Crippen molar-refractivity contribution in [3.8, 4) is 0 Å². The van der Waals surface area contributed by atoms with Crippen molar-refractivity contribution in [3.63, 3.8) is 0 Å². The van der Waals surface area contributed by atoms with E-state index in [1.54, 1.807) is 24.3 Å². The van der Waals surface area contributed by atoms with Crippen LogP contribution in [0.15, 0.2) is 91.0 Å². The number of nitrogens with one attached hydrogen (secondary N) is 2. The van der Waals surface area contributed by atoms with Gasteiger partial charge in [-0.3, -0.25) is 4.79 Å². The van der Waals surface area contributed by atoms with Crippen LogP contribution in [-0.4, -0.2) is 28.1 Å². The normalized spacial score (nSPS) is 11.5. The van der Waals surface area contributed by atoms with E-state index in [1.165, 1.54) is 12.1 Å². The predicted octanol–water partition coefficient (Wildman–Crippen LogP) is 7.91. The number of carbonyl (C=O) groups is 3. The first-order chi connectivity index (χ1) is 19.6. The average Bonchev–Trinajstić information content (AvgIpc) is 2.97. The Bertz CT molecular complexity index is 1540. The highest BCUT2D eigenvalue weighted by Crippen LogP contribution is 2.32. The number of aromatic carboxylic acids is 2. The van der Waals surface area contributed by atoms with Gasteiger partial charge in [0.15, 0.2) is 0 Å². The van der Waals surface area contributed by atoms with Crippen LogP contribution in [0.5, 0.6) is 0 Å². The Labute approximate surface area is 251 Å². The van der Waals surface area contributed by atoms with Crippen molar-refractivity contribution in [1.29, 1.82) is 0 Å². The van der Waals surface area contributed by atoms with E-state index in [0.29, 0.717) is 22.9 Å². The van der Waals surface area contributed by atoms with Crippen LogP contribution in [0.2, 0.25) is 0 Å². The molecule has 4 N–H and O–H groups in total. The van der Waals surface area contributed by atoms with E-state index < -0.39 is 15.9 Å². The first-order valence-corrected chi connectivity index (χ1v) is 14.1. The number of hydrogen-bond acceptors (Lipinski definition) is 6. The molecule has 210 valence electrons. The maximum atomic E-state index is 12.6. The number of anilines is 4. The molecular formula is C32H29IN2O6. The summed E-state index contributed by atoms with van der Waals surface area (Å²) in [5.41, 5.74) is 3.99. The van der Waals surface area contributed by atoms with Crippen molar-refractivity contribution >= 4 is 63.2 Å². The van der Waals surface area contributed by atoms with Gasteiger partial charge in [-0.25, -0.2) is 9.59 Å². The molecule has 41 heavy (non-hydrogen) atoms. The zero-order chi connectivity index (χ0) is 29.5. The van der Waals surface area contributed by atoms with Crippen LogP contribution >= 0.6 is 22.6 Å². The van der Waals surface area contributed by atoms with E-state index in [-0.39, 0.29) is 35.1 Å². The third-order valence-electron chi connectivity index (χ3n) is 6.39. The van der Waals surface area contributed by atoms with Gasteiger partial charge in [-0.15, -0.1) is 0 Å². The fourth-order valence-corrected chi connectivity index (χ4v) is 4.69. The maximum absolute atomic E-state index is 12.6. The van der Waals surface area contributed by atoms with Gasteiger partial charge in [0.1, 0.15) is 10.5 Å². The molecule has 0 aliphatic rings. The number of ether oxygens (including phenoxy) is 1. The number of rotatable bonds is 11. The summed E-state index contributed by atoms with van der Waals surface area (Å²) in [6.07, 6.45) is 0. The molecule has 0 aliphatic heterocycles. The van der Waals surface area contributed by atoms with Crippen LogP contribution in [0.25, 0.3) is 0 Å². The highest BCUT2D eigenvalue weighted by atomic mass is 127. The second-order valence-electron chi connectivity index (χ2n) is 9.66. The summed E-state index contributed by atoms with van der Waals surface area (Å²) in [7, 11) is 0. The highest BCUT2D eigenvalue weighted by molar-refractivity contribution is 14.1. The molecule has 8 nitrogen and oxygen atoms in total. The molecule has 0 spiro atoms. The SMILES string of the molecule is CC(C)c1ccc(Nc2cc(C(=O)O)c(Nc3ccc(C(I)C(=O)OCc4ccccc4)cc3)cc2C(=O)O)cc1. The van der Waals surface area contributed by atoms with Crippen molar-refractivity contribution in [1.82, 2.24) is 0 Å². The van der Waals surface area contributed by atoms with Gasteiger partial charge < -0.3 is 25.6 Å². The van der Waals surface area contributed by atoms with Crippen molar-refractivity contribution in [2.75, 3.05) is 10.6 Å². The number of benzene rings is 4. The molecule has 0 saturated heterocycles. The number of alkyl halides is 1. The molecule has 9 heteroatoms. The molecule has 4 rings (SSSR count). The van der Waals surface area contributed by atoms with Crippen molar-refractivity contribution in [2.24, 2.45) is 0 Å². The molecule has 1 unspecified atom stereocenters. The third-order valence-corrected chi connectivity index (χ3v) is 7.62. The topological polar surface area (TPSA) is 125 Å². The van der Waals surface area contributed by atoms with Gasteiger partial charge in [-0.05, 0) is 59.0 Å². The summed E-state index contributed by atoms with van der Waals surface area (Å²) < 4.78 is 4.89.